The summed E-state index contributed by atoms with van der Waals surface area (Å²) in [6.45, 7) is -1.40. The predicted octanol–water partition coefficient (Wildman–Crippen LogP) is 3.72. The normalized spacial score (nSPS) is 14.5. The molecule has 3 aromatic heterocycles. The van der Waals surface area contributed by atoms with Crippen molar-refractivity contribution in [2.45, 2.75) is 25.7 Å². The molecule has 3 rings (SSSR count). The van der Waals surface area contributed by atoms with Crippen LogP contribution in [0.4, 0.5) is 24.5 Å². The largest absolute Gasteiger partial charge is 0.408 e. The Kier molecular flexibility index (Phi) is 5.65. The van der Waals surface area contributed by atoms with Crippen molar-refractivity contribution in [3.8, 4) is 0 Å². The van der Waals surface area contributed by atoms with E-state index in [9.17, 15) is 22.8 Å². The van der Waals surface area contributed by atoms with E-state index in [1.54, 1.807) is 4.57 Å². The van der Waals surface area contributed by atoms with Gasteiger partial charge in [-0.1, -0.05) is 11.6 Å². The topological polar surface area (TPSA) is 90.2 Å². The molecule has 32 heavy (non-hydrogen) atoms. The van der Waals surface area contributed by atoms with Crippen molar-refractivity contribution in [2.24, 2.45) is 0 Å². The van der Waals surface area contributed by atoms with Gasteiger partial charge in [-0.05, 0) is 19.1 Å². The molecule has 1 atom stereocenters. The first-order valence-corrected chi connectivity index (χ1v) is 9.65. The standard InChI is InChI=1S/C20H21ClF3N5O3/c1-11(20(22,23)24)29-5-4-15-17(19(29)31)14(10-28(15)6-7-32-3)27-13-8-16(21)26-9-12(13)18(30)25-2/h4-5,8-11H,6-7H2,1-3H3,(H,25,30)(H,26,27)/i2D3. The van der Waals surface area contributed by atoms with Crippen LogP contribution in [0, 0.1) is 0 Å². The second-order valence-electron chi connectivity index (χ2n) is 6.87. The molecule has 0 aliphatic rings. The van der Waals surface area contributed by atoms with Gasteiger partial charge in [-0.2, -0.15) is 13.2 Å². The molecule has 0 aliphatic carbocycles. The van der Waals surface area contributed by atoms with Crippen molar-refractivity contribution in [3.05, 3.63) is 51.8 Å². The molecule has 3 heterocycles. The van der Waals surface area contributed by atoms with Gasteiger partial charge in [0, 0.05) is 43.3 Å². The maximum Gasteiger partial charge on any atom is 0.408 e. The molecule has 0 saturated heterocycles. The van der Waals surface area contributed by atoms with Crippen molar-refractivity contribution in [3.63, 3.8) is 0 Å². The summed E-state index contributed by atoms with van der Waals surface area (Å²) < 4.78 is 69.0. The summed E-state index contributed by atoms with van der Waals surface area (Å²) in [7, 11) is 1.47. The second kappa shape index (κ2) is 9.21. The number of carbonyl (C=O) groups excluding carboxylic acids is 1. The monoisotopic (exact) mass is 474 g/mol. The number of fused-ring (bicyclic) bond motifs is 1. The molecule has 0 radical (unpaired) electrons. The summed E-state index contributed by atoms with van der Waals surface area (Å²) in [6, 6.07) is 0.515. The molecular weight excluding hydrogens is 451 g/mol. The van der Waals surface area contributed by atoms with Gasteiger partial charge in [0.25, 0.3) is 11.5 Å². The number of nitrogens with one attached hydrogen (secondary N) is 2. The number of methoxy groups -OCH3 is 1. The molecule has 3 aromatic rings. The maximum atomic E-state index is 13.3. The number of pyridine rings is 2. The lowest BCUT2D eigenvalue weighted by Crippen LogP contribution is -2.32. The summed E-state index contributed by atoms with van der Waals surface area (Å²) in [6.07, 6.45) is -1.08. The minimum atomic E-state index is -4.66. The highest BCUT2D eigenvalue weighted by Crippen LogP contribution is 2.32. The number of rotatable bonds is 7. The third kappa shape index (κ3) is 4.58. The number of aromatic nitrogens is 3. The van der Waals surface area contributed by atoms with Crippen LogP contribution >= 0.6 is 11.6 Å². The minimum Gasteiger partial charge on any atom is -0.383 e. The molecular formula is C20H21ClF3N5O3. The third-order valence-electron chi connectivity index (χ3n) is 4.89. The average Bonchev–Trinajstić information content (AvgIpc) is 3.08. The zero-order chi connectivity index (χ0) is 26.1. The van der Waals surface area contributed by atoms with Crippen LogP contribution in [0.5, 0.6) is 0 Å². The summed E-state index contributed by atoms with van der Waals surface area (Å²) in [5, 5.41) is 4.54. The zero-order valence-corrected chi connectivity index (χ0v) is 17.7. The highest BCUT2D eigenvalue weighted by Gasteiger charge is 2.38. The Morgan fingerprint density at radius 2 is 2.16 bits per heavy atom. The van der Waals surface area contributed by atoms with E-state index in [1.165, 1.54) is 25.4 Å². The molecule has 8 nitrogen and oxygen atoms in total. The SMILES string of the molecule is [2H]C([2H])([2H])NC(=O)c1cnc(Cl)cc1Nc1cn(CCOC)c2ccn(C(C)C(F)(F)F)c(=O)c12. The first-order chi connectivity index (χ1) is 16.2. The number of hydrogen-bond donors (Lipinski definition) is 2. The summed E-state index contributed by atoms with van der Waals surface area (Å²) in [5.74, 6) is -0.997. The van der Waals surface area contributed by atoms with Gasteiger partial charge in [-0.3, -0.25) is 9.59 Å². The van der Waals surface area contributed by atoms with Gasteiger partial charge in [0.2, 0.25) is 0 Å². The van der Waals surface area contributed by atoms with Gasteiger partial charge < -0.3 is 24.5 Å². The molecule has 0 fully saturated rings. The molecule has 1 unspecified atom stereocenters. The van der Waals surface area contributed by atoms with Gasteiger partial charge >= 0.3 is 6.18 Å². The predicted molar refractivity (Wildman–Crippen MR) is 115 cm³/mol. The Hall–Kier alpha value is -3.05. The van der Waals surface area contributed by atoms with Crippen molar-refractivity contribution in [1.82, 2.24) is 19.4 Å². The molecule has 172 valence electrons. The van der Waals surface area contributed by atoms with Crippen LogP contribution in [0.3, 0.4) is 0 Å². The van der Waals surface area contributed by atoms with Crippen molar-refractivity contribution < 1.29 is 26.8 Å². The van der Waals surface area contributed by atoms with Crippen LogP contribution in [-0.4, -0.2) is 46.9 Å². The molecule has 2 N–H and O–H groups in total. The Bertz CT molecular complexity index is 1310. The van der Waals surface area contributed by atoms with Crippen molar-refractivity contribution >= 4 is 39.8 Å². The van der Waals surface area contributed by atoms with Gasteiger partial charge in [-0.25, -0.2) is 4.98 Å². The summed E-state index contributed by atoms with van der Waals surface area (Å²) in [5.41, 5.74) is -0.720. The molecule has 0 aliphatic heterocycles. The average molecular weight is 475 g/mol. The van der Waals surface area contributed by atoms with Crippen LogP contribution < -0.4 is 16.2 Å². The number of hydrogen-bond acceptors (Lipinski definition) is 5. The lowest BCUT2D eigenvalue weighted by molar-refractivity contribution is -0.163. The lowest BCUT2D eigenvalue weighted by atomic mass is 10.2. The van der Waals surface area contributed by atoms with Gasteiger partial charge in [-0.15, -0.1) is 0 Å². The molecule has 12 heteroatoms. The zero-order valence-electron chi connectivity index (χ0n) is 20.0. The number of ether oxygens (including phenoxy) is 1. The fourth-order valence-corrected chi connectivity index (χ4v) is 3.34. The Labute approximate surface area is 190 Å². The Morgan fingerprint density at radius 1 is 1.41 bits per heavy atom. The number of alkyl halides is 3. The van der Waals surface area contributed by atoms with Crippen molar-refractivity contribution in [2.75, 3.05) is 26.0 Å². The van der Waals surface area contributed by atoms with E-state index in [2.05, 4.69) is 10.3 Å². The summed E-state index contributed by atoms with van der Waals surface area (Å²) in [4.78, 5) is 29.5. The van der Waals surface area contributed by atoms with Crippen LogP contribution in [0.25, 0.3) is 10.9 Å². The quantitative estimate of drug-likeness (QED) is 0.509. The van der Waals surface area contributed by atoms with E-state index in [0.717, 1.165) is 19.3 Å². The summed E-state index contributed by atoms with van der Waals surface area (Å²) >= 11 is 5.95. The Morgan fingerprint density at radius 3 is 2.81 bits per heavy atom. The van der Waals surface area contributed by atoms with Gasteiger partial charge in [0.1, 0.15) is 11.2 Å². The smallest absolute Gasteiger partial charge is 0.383 e. The van der Waals surface area contributed by atoms with Gasteiger partial charge in [0.05, 0.1) is 34.4 Å². The minimum absolute atomic E-state index is 0.00351. The molecule has 0 saturated carbocycles. The molecule has 0 bridgehead atoms. The number of anilines is 2. The Balaban J connectivity index is 2.18. The maximum absolute atomic E-state index is 13.3. The van der Waals surface area contributed by atoms with Crippen LogP contribution in [0.2, 0.25) is 5.15 Å². The van der Waals surface area contributed by atoms with E-state index in [4.69, 9.17) is 20.5 Å². The van der Waals surface area contributed by atoms with E-state index >= 15 is 0 Å². The fraction of sp³-hybridized carbons (Fsp3) is 0.350. The van der Waals surface area contributed by atoms with E-state index in [0.29, 0.717) is 10.1 Å². The van der Waals surface area contributed by atoms with E-state index in [1.807, 2.05) is 5.32 Å². The van der Waals surface area contributed by atoms with E-state index in [-0.39, 0.29) is 40.6 Å². The second-order valence-corrected chi connectivity index (χ2v) is 7.25. The third-order valence-corrected chi connectivity index (χ3v) is 5.09. The van der Waals surface area contributed by atoms with Crippen LogP contribution in [0.1, 0.15) is 27.4 Å². The van der Waals surface area contributed by atoms with E-state index < -0.39 is 30.7 Å². The number of halogens is 4. The highest BCUT2D eigenvalue weighted by atomic mass is 35.5. The molecule has 0 spiro atoms. The van der Waals surface area contributed by atoms with Crippen LogP contribution in [0.15, 0.2) is 35.5 Å². The molecule has 0 aromatic carbocycles. The first kappa shape index (κ1) is 19.6. The number of amides is 1. The van der Waals surface area contributed by atoms with Crippen molar-refractivity contribution in [1.29, 1.82) is 0 Å². The van der Waals surface area contributed by atoms with Crippen LogP contribution in [-0.2, 0) is 11.3 Å². The highest BCUT2D eigenvalue weighted by molar-refractivity contribution is 6.29. The number of carbonyl (C=O) groups is 1. The first-order valence-electron chi connectivity index (χ1n) is 10.8. The lowest BCUT2D eigenvalue weighted by Gasteiger charge is -2.18. The van der Waals surface area contributed by atoms with Gasteiger partial charge in [0.15, 0.2) is 0 Å². The molecule has 1 amide bonds. The fourth-order valence-electron chi connectivity index (χ4n) is 3.18. The number of nitrogens with zero attached hydrogens (tertiary/aromatic N) is 3.